The molecule has 0 bridgehead atoms. The maximum atomic E-state index is 6.80. The molecule has 1 aromatic rings. The van der Waals surface area contributed by atoms with Crippen molar-refractivity contribution in [3.8, 4) is 5.75 Å². The number of para-hydroxylation sites is 1. The van der Waals surface area contributed by atoms with Gasteiger partial charge in [0.15, 0.2) is 0 Å². The third kappa shape index (κ3) is 6.94. The molecule has 0 aliphatic rings. The summed E-state index contributed by atoms with van der Waals surface area (Å²) in [5.41, 5.74) is 0. The van der Waals surface area contributed by atoms with Crippen LogP contribution in [0.4, 0.5) is 0 Å². The molecule has 0 aliphatic carbocycles. The molecule has 0 saturated heterocycles. The molecule has 0 heterocycles. The monoisotopic (exact) mass is 462 g/mol. The SMILES string of the molecule is CCC[CH2][Sn]([CH2]CCC)([CH2]CCC)[O]c1ccccc1Br. The van der Waals surface area contributed by atoms with Crippen molar-refractivity contribution in [1.82, 2.24) is 0 Å². The van der Waals surface area contributed by atoms with Crippen LogP contribution in [0.3, 0.4) is 0 Å². The van der Waals surface area contributed by atoms with Gasteiger partial charge in [-0.2, -0.15) is 0 Å². The predicted octanol–water partition coefficient (Wildman–Crippen LogP) is 7.17. The average Bonchev–Trinajstić information content (AvgIpc) is 2.51. The fraction of sp³-hybridized carbons (Fsp3) is 0.667. The topological polar surface area (TPSA) is 9.23 Å². The summed E-state index contributed by atoms with van der Waals surface area (Å²) >= 11 is 1.14. The Morgan fingerprint density at radius 3 is 1.76 bits per heavy atom. The van der Waals surface area contributed by atoms with Crippen molar-refractivity contribution in [2.45, 2.75) is 72.6 Å². The van der Waals surface area contributed by atoms with Crippen LogP contribution >= 0.6 is 15.9 Å². The van der Waals surface area contributed by atoms with Gasteiger partial charge in [0, 0.05) is 0 Å². The minimum atomic E-state index is -2.52. The fourth-order valence-electron chi connectivity index (χ4n) is 2.79. The van der Waals surface area contributed by atoms with E-state index in [-0.39, 0.29) is 0 Å². The van der Waals surface area contributed by atoms with Crippen molar-refractivity contribution < 1.29 is 3.07 Å². The first-order chi connectivity index (χ1) is 10.2. The van der Waals surface area contributed by atoms with E-state index in [1.54, 1.807) is 0 Å². The summed E-state index contributed by atoms with van der Waals surface area (Å²) in [5, 5.41) is 0. The normalized spacial score (nSPS) is 11.6. The average molecular weight is 462 g/mol. The van der Waals surface area contributed by atoms with Gasteiger partial charge in [-0.05, 0) is 0 Å². The minimum absolute atomic E-state index is 1.09. The van der Waals surface area contributed by atoms with Crippen LogP contribution in [0.1, 0.15) is 59.3 Å². The summed E-state index contributed by atoms with van der Waals surface area (Å²) in [4.78, 5) is 0. The zero-order chi connectivity index (χ0) is 15.6. The Labute approximate surface area is 144 Å². The molecule has 0 atom stereocenters. The number of halogens is 1. The molecule has 0 radical (unpaired) electrons. The van der Waals surface area contributed by atoms with E-state index in [2.05, 4.69) is 61.0 Å². The molecule has 1 rings (SSSR count). The van der Waals surface area contributed by atoms with Gasteiger partial charge in [-0.3, -0.25) is 0 Å². The zero-order valence-corrected chi connectivity index (χ0v) is 18.4. The summed E-state index contributed by atoms with van der Waals surface area (Å²) in [6.07, 6.45) is 7.89. The van der Waals surface area contributed by atoms with Gasteiger partial charge in [0.1, 0.15) is 0 Å². The summed E-state index contributed by atoms with van der Waals surface area (Å²) in [6.45, 7) is 6.90. The molecule has 0 spiro atoms. The van der Waals surface area contributed by atoms with E-state index in [0.29, 0.717) is 0 Å². The van der Waals surface area contributed by atoms with Gasteiger partial charge in [0.05, 0.1) is 0 Å². The molecule has 0 saturated carbocycles. The molecule has 0 aliphatic heterocycles. The van der Waals surface area contributed by atoms with Crippen LogP contribution < -0.4 is 3.07 Å². The fourth-order valence-corrected chi connectivity index (χ4v) is 17.0. The summed E-state index contributed by atoms with van der Waals surface area (Å²) < 4.78 is 12.1. The second kappa shape index (κ2) is 10.9. The van der Waals surface area contributed by atoms with Crippen molar-refractivity contribution in [3.05, 3.63) is 28.7 Å². The summed E-state index contributed by atoms with van der Waals surface area (Å²) in [7, 11) is 0. The van der Waals surface area contributed by atoms with Crippen molar-refractivity contribution in [2.75, 3.05) is 0 Å². The van der Waals surface area contributed by atoms with Crippen LogP contribution in [-0.4, -0.2) is 18.8 Å². The first-order valence-electron chi connectivity index (χ1n) is 8.61. The number of hydrogen-bond donors (Lipinski definition) is 0. The van der Waals surface area contributed by atoms with Crippen LogP contribution in [0.15, 0.2) is 28.7 Å². The van der Waals surface area contributed by atoms with E-state index < -0.39 is 18.8 Å². The molecule has 0 fully saturated rings. The number of rotatable bonds is 11. The molecule has 0 amide bonds. The second-order valence-corrected chi connectivity index (χ2v) is 18.5. The zero-order valence-electron chi connectivity index (χ0n) is 14.0. The van der Waals surface area contributed by atoms with E-state index in [9.17, 15) is 0 Å². The molecular formula is C18H31BrOSn. The van der Waals surface area contributed by atoms with E-state index in [4.69, 9.17) is 3.07 Å². The van der Waals surface area contributed by atoms with Gasteiger partial charge in [0.2, 0.25) is 0 Å². The van der Waals surface area contributed by atoms with Crippen LogP contribution in [0.25, 0.3) is 0 Å². The molecule has 21 heavy (non-hydrogen) atoms. The Morgan fingerprint density at radius 1 is 0.857 bits per heavy atom. The van der Waals surface area contributed by atoms with Crippen LogP contribution in [0.2, 0.25) is 13.3 Å². The van der Waals surface area contributed by atoms with E-state index in [1.165, 1.54) is 51.8 Å². The third-order valence-corrected chi connectivity index (χ3v) is 17.5. The van der Waals surface area contributed by atoms with Gasteiger partial charge in [-0.1, -0.05) is 0 Å². The number of unbranched alkanes of at least 4 members (excludes halogenated alkanes) is 3. The predicted molar refractivity (Wildman–Crippen MR) is 99.7 cm³/mol. The molecule has 0 unspecified atom stereocenters. The van der Waals surface area contributed by atoms with Crippen molar-refractivity contribution in [1.29, 1.82) is 0 Å². The molecule has 1 aromatic carbocycles. The second-order valence-electron chi connectivity index (χ2n) is 6.03. The van der Waals surface area contributed by atoms with Crippen molar-refractivity contribution in [2.24, 2.45) is 0 Å². The van der Waals surface area contributed by atoms with E-state index in [0.717, 1.165) is 10.2 Å². The molecule has 0 N–H and O–H groups in total. The molecule has 120 valence electrons. The number of benzene rings is 1. The van der Waals surface area contributed by atoms with Crippen LogP contribution in [0, 0.1) is 0 Å². The Hall–Kier alpha value is 0.299. The maximum absolute atomic E-state index is 6.80. The molecule has 3 heteroatoms. The standard InChI is InChI=1S/C6H5BrO.3C4H9.Sn/c7-5-3-1-2-4-6(5)8;3*1-3-4-2;/h1-4,8H;3*1,3-4H2,2H3;/q;;;;+1/p-1. The summed E-state index contributed by atoms with van der Waals surface area (Å²) in [5.74, 6) is 1.09. The van der Waals surface area contributed by atoms with Crippen LogP contribution in [-0.2, 0) is 0 Å². The third-order valence-electron chi connectivity index (χ3n) is 4.12. The quantitative estimate of drug-likeness (QED) is 0.317. The Balaban J connectivity index is 2.92. The van der Waals surface area contributed by atoms with Gasteiger partial charge < -0.3 is 0 Å². The molecule has 0 aromatic heterocycles. The van der Waals surface area contributed by atoms with Gasteiger partial charge in [-0.15, -0.1) is 0 Å². The molecule has 1 nitrogen and oxygen atoms in total. The van der Waals surface area contributed by atoms with E-state index >= 15 is 0 Å². The Bertz CT molecular complexity index is 373. The van der Waals surface area contributed by atoms with Crippen molar-refractivity contribution in [3.63, 3.8) is 0 Å². The first-order valence-corrected chi connectivity index (χ1v) is 16.6. The van der Waals surface area contributed by atoms with Crippen LogP contribution in [0.5, 0.6) is 5.75 Å². The Kier molecular flexibility index (Phi) is 10.1. The van der Waals surface area contributed by atoms with Gasteiger partial charge >= 0.3 is 145 Å². The van der Waals surface area contributed by atoms with Gasteiger partial charge in [-0.25, -0.2) is 0 Å². The first kappa shape index (κ1) is 19.3. The number of hydrogen-bond acceptors (Lipinski definition) is 1. The Morgan fingerprint density at radius 2 is 1.33 bits per heavy atom. The van der Waals surface area contributed by atoms with E-state index in [1.807, 2.05) is 0 Å². The molecular weight excluding hydrogens is 431 g/mol. The van der Waals surface area contributed by atoms with Gasteiger partial charge in [0.25, 0.3) is 0 Å². The summed E-state index contributed by atoms with van der Waals surface area (Å²) in [6, 6.07) is 8.40. The van der Waals surface area contributed by atoms with Crippen molar-refractivity contribution >= 4 is 34.7 Å².